The predicted octanol–water partition coefficient (Wildman–Crippen LogP) is 1.16. The third kappa shape index (κ3) is 6.14. The minimum atomic E-state index is -1.48. The Kier molecular flexibility index (Phi) is 7.77. The van der Waals surface area contributed by atoms with E-state index in [1.807, 2.05) is 0 Å². The zero-order valence-corrected chi connectivity index (χ0v) is 17.7. The summed E-state index contributed by atoms with van der Waals surface area (Å²) in [6.45, 7) is 1.65. The quantitative estimate of drug-likeness (QED) is 0.200. The molecule has 0 radical (unpaired) electrons. The van der Waals surface area contributed by atoms with Gasteiger partial charge in [-0.25, -0.2) is 4.79 Å². The number of aliphatic hydroxyl groups is 2. The van der Waals surface area contributed by atoms with Crippen molar-refractivity contribution in [3.05, 3.63) is 53.6 Å². The van der Waals surface area contributed by atoms with E-state index in [1.165, 1.54) is 36.4 Å². The normalized spacial score (nSPS) is 25.2. The first-order valence-corrected chi connectivity index (χ1v) is 10.2. The summed E-state index contributed by atoms with van der Waals surface area (Å²) in [5.74, 6) is -1.93. The fraction of sp³-hybridized carbons (Fsp3) is 0.348. The zero-order valence-electron chi connectivity index (χ0n) is 17.7. The second-order valence-electron chi connectivity index (χ2n) is 7.62. The van der Waals surface area contributed by atoms with E-state index in [0.29, 0.717) is 17.5 Å². The van der Waals surface area contributed by atoms with Crippen molar-refractivity contribution in [3.63, 3.8) is 0 Å². The summed E-state index contributed by atoms with van der Waals surface area (Å²) in [7, 11) is 0. The highest BCUT2D eigenvalue weighted by Gasteiger charge is 2.45. The molecule has 178 valence electrons. The molecule has 10 nitrogen and oxygen atoms in total. The summed E-state index contributed by atoms with van der Waals surface area (Å²) in [5, 5.41) is 58.5. The van der Waals surface area contributed by atoms with Crippen molar-refractivity contribution >= 4 is 12.0 Å². The molecule has 0 spiro atoms. The second-order valence-corrected chi connectivity index (χ2v) is 7.62. The highest BCUT2D eigenvalue weighted by molar-refractivity contribution is 5.87. The maximum absolute atomic E-state index is 12.2. The minimum absolute atomic E-state index is 0.0953. The third-order valence-electron chi connectivity index (χ3n) is 5.15. The van der Waals surface area contributed by atoms with Crippen molar-refractivity contribution < 1.29 is 49.6 Å². The molecule has 1 aliphatic heterocycles. The Morgan fingerprint density at radius 2 is 1.64 bits per heavy atom. The molecular weight excluding hydrogens is 436 g/mol. The van der Waals surface area contributed by atoms with Gasteiger partial charge in [-0.2, -0.15) is 0 Å². The first-order valence-electron chi connectivity index (χ1n) is 10.2. The molecule has 2 aromatic rings. The van der Waals surface area contributed by atoms with Gasteiger partial charge < -0.3 is 44.8 Å². The molecule has 5 atom stereocenters. The van der Waals surface area contributed by atoms with Crippen LogP contribution in [-0.2, 0) is 25.4 Å². The van der Waals surface area contributed by atoms with Gasteiger partial charge in [0.15, 0.2) is 35.4 Å². The molecule has 1 heterocycles. The molecule has 0 amide bonds. The van der Waals surface area contributed by atoms with Gasteiger partial charge in [-0.05, 0) is 54.8 Å². The number of esters is 1. The molecule has 1 saturated heterocycles. The number of rotatable bonds is 7. The van der Waals surface area contributed by atoms with E-state index in [-0.39, 0.29) is 29.6 Å². The lowest BCUT2D eigenvalue weighted by atomic mass is 9.99. The van der Waals surface area contributed by atoms with Crippen molar-refractivity contribution in [2.24, 2.45) is 0 Å². The highest BCUT2D eigenvalue weighted by atomic mass is 16.7. The van der Waals surface area contributed by atoms with Gasteiger partial charge >= 0.3 is 5.97 Å². The minimum Gasteiger partial charge on any atom is -0.504 e. The van der Waals surface area contributed by atoms with Crippen molar-refractivity contribution in [1.29, 1.82) is 0 Å². The van der Waals surface area contributed by atoms with Crippen LogP contribution in [0.15, 0.2) is 42.5 Å². The molecule has 0 bridgehead atoms. The fourth-order valence-corrected chi connectivity index (χ4v) is 3.31. The summed E-state index contributed by atoms with van der Waals surface area (Å²) in [4.78, 5) is 12.2. The molecule has 6 N–H and O–H groups in total. The predicted molar refractivity (Wildman–Crippen MR) is 114 cm³/mol. The van der Waals surface area contributed by atoms with E-state index in [2.05, 4.69) is 0 Å². The summed E-state index contributed by atoms with van der Waals surface area (Å²) in [5.41, 5.74) is 1.12. The Bertz CT molecular complexity index is 1000. The van der Waals surface area contributed by atoms with Crippen LogP contribution in [0.3, 0.4) is 0 Å². The number of carbonyl (C=O) groups excluding carboxylic acids is 1. The maximum Gasteiger partial charge on any atom is 0.331 e. The lowest BCUT2D eigenvalue weighted by Gasteiger charge is -2.40. The number of benzene rings is 2. The van der Waals surface area contributed by atoms with Gasteiger partial charge in [-0.15, -0.1) is 0 Å². The van der Waals surface area contributed by atoms with E-state index >= 15 is 0 Å². The number of phenolic OH excluding ortho intramolecular Hbond substituents is 4. The van der Waals surface area contributed by atoms with Gasteiger partial charge in [0.05, 0.1) is 12.7 Å². The van der Waals surface area contributed by atoms with Gasteiger partial charge in [-0.1, -0.05) is 12.1 Å². The van der Waals surface area contributed by atoms with E-state index in [9.17, 15) is 35.4 Å². The standard InChI is InChI=1S/C23H26O10/c1-12-22(33-19(28)7-4-13-2-5-15(24)17(26)10-13)20(29)21(30)23(32-12)31-9-8-14-3-6-16(25)18(27)11-14/h2-7,10-12,20-27,29-30H,8-9H2,1H3/b7-4+. The van der Waals surface area contributed by atoms with E-state index in [1.54, 1.807) is 13.0 Å². The van der Waals surface area contributed by atoms with E-state index in [4.69, 9.17) is 14.2 Å². The van der Waals surface area contributed by atoms with Crippen LogP contribution in [0.5, 0.6) is 23.0 Å². The fourth-order valence-electron chi connectivity index (χ4n) is 3.31. The number of ether oxygens (including phenoxy) is 3. The monoisotopic (exact) mass is 462 g/mol. The van der Waals surface area contributed by atoms with Crippen molar-refractivity contribution in [2.75, 3.05) is 6.61 Å². The summed E-state index contributed by atoms with van der Waals surface area (Å²) < 4.78 is 16.3. The Morgan fingerprint density at radius 1 is 0.970 bits per heavy atom. The lowest BCUT2D eigenvalue weighted by molar-refractivity contribution is -0.294. The van der Waals surface area contributed by atoms with Crippen LogP contribution in [0.4, 0.5) is 0 Å². The number of aromatic hydroxyl groups is 4. The molecule has 2 aromatic carbocycles. The van der Waals surface area contributed by atoms with Crippen molar-refractivity contribution in [3.8, 4) is 23.0 Å². The zero-order chi connectivity index (χ0) is 24.1. The number of aliphatic hydroxyl groups excluding tert-OH is 2. The van der Waals surface area contributed by atoms with E-state index < -0.39 is 36.7 Å². The Hall–Kier alpha value is -3.31. The molecule has 1 fully saturated rings. The molecule has 5 unspecified atom stereocenters. The number of hydrogen-bond donors (Lipinski definition) is 6. The van der Waals surface area contributed by atoms with E-state index in [0.717, 1.165) is 6.08 Å². The number of hydrogen-bond acceptors (Lipinski definition) is 10. The van der Waals surface area contributed by atoms with Crippen LogP contribution >= 0.6 is 0 Å². The first-order chi connectivity index (χ1) is 15.7. The van der Waals surface area contributed by atoms with Crippen LogP contribution < -0.4 is 0 Å². The summed E-state index contributed by atoms with van der Waals surface area (Å²) >= 11 is 0. The highest BCUT2D eigenvalue weighted by Crippen LogP contribution is 2.27. The van der Waals surface area contributed by atoms with Crippen LogP contribution in [0.2, 0.25) is 0 Å². The maximum atomic E-state index is 12.2. The molecule has 1 aliphatic rings. The number of carbonyl (C=O) groups is 1. The van der Waals surface area contributed by atoms with Crippen LogP contribution in [0.25, 0.3) is 6.08 Å². The van der Waals surface area contributed by atoms with Gasteiger partial charge in [0.2, 0.25) is 0 Å². The Balaban J connectivity index is 1.52. The topological polar surface area (TPSA) is 166 Å². The molecule has 0 aliphatic carbocycles. The molecule has 0 aromatic heterocycles. The Labute approximate surface area is 189 Å². The summed E-state index contributed by atoms with van der Waals surface area (Å²) in [6, 6.07) is 8.34. The number of phenols is 4. The van der Waals surface area contributed by atoms with Crippen LogP contribution in [0, 0.1) is 0 Å². The SMILES string of the molecule is CC1OC(OCCc2ccc(O)c(O)c2)C(O)C(O)C1OC(=O)/C=C/c1ccc(O)c(O)c1. The van der Waals surface area contributed by atoms with Crippen LogP contribution in [-0.4, -0.2) is 73.9 Å². The summed E-state index contributed by atoms with van der Waals surface area (Å²) in [6.07, 6.45) is -3.27. The van der Waals surface area contributed by atoms with Gasteiger partial charge in [-0.3, -0.25) is 0 Å². The average molecular weight is 462 g/mol. The third-order valence-corrected chi connectivity index (χ3v) is 5.15. The van der Waals surface area contributed by atoms with Crippen molar-refractivity contribution in [1.82, 2.24) is 0 Å². The molecule has 10 heteroatoms. The molecule has 0 saturated carbocycles. The average Bonchev–Trinajstić information content (AvgIpc) is 2.78. The second kappa shape index (κ2) is 10.5. The van der Waals surface area contributed by atoms with Gasteiger partial charge in [0, 0.05) is 6.08 Å². The smallest absolute Gasteiger partial charge is 0.331 e. The van der Waals surface area contributed by atoms with Crippen molar-refractivity contribution in [2.45, 2.75) is 44.1 Å². The van der Waals surface area contributed by atoms with Gasteiger partial charge in [0.1, 0.15) is 12.2 Å². The van der Waals surface area contributed by atoms with Gasteiger partial charge in [0.25, 0.3) is 0 Å². The molecule has 33 heavy (non-hydrogen) atoms. The Morgan fingerprint density at radius 3 is 2.30 bits per heavy atom. The largest absolute Gasteiger partial charge is 0.504 e. The first kappa shape index (κ1) is 24.3. The molecular formula is C23H26O10. The van der Waals surface area contributed by atoms with Crippen LogP contribution in [0.1, 0.15) is 18.1 Å². The molecule has 3 rings (SSSR count). The lowest BCUT2D eigenvalue weighted by Crippen LogP contribution is -2.58.